The number of halogens is 2. The van der Waals surface area contributed by atoms with Gasteiger partial charge in [0.2, 0.25) is 0 Å². The Morgan fingerprint density at radius 1 is 1.29 bits per heavy atom. The summed E-state index contributed by atoms with van der Waals surface area (Å²) in [5.74, 6) is -0.389. The summed E-state index contributed by atoms with van der Waals surface area (Å²) in [7, 11) is 0. The van der Waals surface area contributed by atoms with Crippen LogP contribution >= 0.6 is 27.5 Å². The van der Waals surface area contributed by atoms with Gasteiger partial charge in [0, 0.05) is 12.1 Å². The van der Waals surface area contributed by atoms with E-state index in [1.165, 1.54) is 36.4 Å². The van der Waals surface area contributed by atoms with Gasteiger partial charge in [0.25, 0.3) is 5.69 Å². The molecule has 0 heterocycles. The molecule has 0 unspecified atom stereocenters. The van der Waals surface area contributed by atoms with Gasteiger partial charge in [-0.2, -0.15) is 0 Å². The minimum atomic E-state index is -1.05. The highest BCUT2D eigenvalue weighted by molar-refractivity contribution is 9.10. The molecule has 0 saturated carbocycles. The largest absolute Gasteiger partial charge is 0.478 e. The molecule has 0 fully saturated rings. The van der Waals surface area contributed by atoms with Gasteiger partial charge in [-0.1, -0.05) is 11.6 Å². The maximum Gasteiger partial charge on any atom is 0.335 e. The number of carboxylic acid groups (broad SMARTS) is 1. The number of aromatic carboxylic acids is 1. The first-order valence-corrected chi connectivity index (χ1v) is 6.70. The highest BCUT2D eigenvalue weighted by atomic mass is 79.9. The third-order valence-electron chi connectivity index (χ3n) is 2.52. The number of hydrogen-bond donors (Lipinski definition) is 1. The quantitative estimate of drug-likeness (QED) is 0.630. The van der Waals surface area contributed by atoms with E-state index in [-0.39, 0.29) is 16.3 Å². The first-order chi connectivity index (χ1) is 9.88. The minimum absolute atomic E-state index is 0.0456. The number of hydrogen-bond acceptors (Lipinski definition) is 4. The average molecular weight is 373 g/mol. The Morgan fingerprint density at radius 3 is 2.52 bits per heavy atom. The van der Waals surface area contributed by atoms with Gasteiger partial charge in [0.15, 0.2) is 0 Å². The summed E-state index contributed by atoms with van der Waals surface area (Å²) in [6.07, 6.45) is 0. The van der Waals surface area contributed by atoms with E-state index in [1.807, 2.05) is 0 Å². The normalized spacial score (nSPS) is 10.2. The lowest BCUT2D eigenvalue weighted by atomic mass is 10.2. The molecule has 2 rings (SSSR count). The van der Waals surface area contributed by atoms with E-state index >= 15 is 0 Å². The van der Waals surface area contributed by atoms with Crippen molar-refractivity contribution in [3.63, 3.8) is 0 Å². The number of carboxylic acids is 1. The number of ether oxygens (including phenoxy) is 1. The van der Waals surface area contributed by atoms with Crippen LogP contribution in [0.2, 0.25) is 5.02 Å². The predicted molar refractivity (Wildman–Crippen MR) is 79.3 cm³/mol. The molecule has 0 radical (unpaired) electrons. The van der Waals surface area contributed by atoms with E-state index in [2.05, 4.69) is 15.9 Å². The molecule has 2 aromatic carbocycles. The second-order valence-corrected chi connectivity index (χ2v) is 5.18. The van der Waals surface area contributed by atoms with Gasteiger partial charge in [0.1, 0.15) is 16.5 Å². The summed E-state index contributed by atoms with van der Waals surface area (Å²) in [6.45, 7) is 0. The van der Waals surface area contributed by atoms with E-state index in [0.717, 1.165) is 0 Å². The van der Waals surface area contributed by atoms with Crippen LogP contribution in [0.25, 0.3) is 0 Å². The van der Waals surface area contributed by atoms with Gasteiger partial charge in [-0.15, -0.1) is 0 Å². The van der Waals surface area contributed by atoms with Crippen molar-refractivity contribution in [3.8, 4) is 11.5 Å². The topological polar surface area (TPSA) is 89.7 Å². The Balaban J connectivity index is 2.28. The predicted octanol–water partition coefficient (Wildman–Crippen LogP) is 4.50. The van der Waals surface area contributed by atoms with Crippen molar-refractivity contribution in [1.82, 2.24) is 0 Å². The maximum absolute atomic E-state index is 10.8. The zero-order valence-electron chi connectivity index (χ0n) is 10.2. The van der Waals surface area contributed by atoms with Crippen molar-refractivity contribution < 1.29 is 19.6 Å². The third kappa shape index (κ3) is 3.50. The molecule has 8 heteroatoms. The van der Waals surface area contributed by atoms with Crippen LogP contribution in [0.15, 0.2) is 40.9 Å². The van der Waals surface area contributed by atoms with Crippen LogP contribution in [0.4, 0.5) is 5.69 Å². The van der Waals surface area contributed by atoms with E-state index in [4.69, 9.17) is 21.4 Å². The van der Waals surface area contributed by atoms with Crippen LogP contribution in [0.1, 0.15) is 10.4 Å². The Kier molecular flexibility index (Phi) is 4.44. The van der Waals surface area contributed by atoms with Crippen LogP contribution in [0.5, 0.6) is 11.5 Å². The Bertz CT molecular complexity index is 734. The van der Waals surface area contributed by atoms with Crippen LogP contribution < -0.4 is 4.74 Å². The zero-order chi connectivity index (χ0) is 15.6. The molecule has 6 nitrogen and oxygen atoms in total. The summed E-state index contributed by atoms with van der Waals surface area (Å²) in [6, 6.07) is 8.21. The molecule has 0 spiro atoms. The minimum Gasteiger partial charge on any atom is -0.478 e. The molecule has 2 aromatic rings. The second-order valence-electron chi connectivity index (χ2n) is 3.92. The van der Waals surface area contributed by atoms with Crippen molar-refractivity contribution in [2.24, 2.45) is 0 Å². The number of nitro groups is 1. The first kappa shape index (κ1) is 15.3. The molecule has 108 valence electrons. The summed E-state index contributed by atoms with van der Waals surface area (Å²) < 4.78 is 5.95. The molecule has 0 aliphatic heterocycles. The van der Waals surface area contributed by atoms with Crippen LogP contribution in [-0.4, -0.2) is 16.0 Å². The lowest BCUT2D eigenvalue weighted by Crippen LogP contribution is -1.96. The smallest absolute Gasteiger partial charge is 0.335 e. The van der Waals surface area contributed by atoms with Crippen molar-refractivity contribution in [2.75, 3.05) is 0 Å². The summed E-state index contributed by atoms with van der Waals surface area (Å²) in [5, 5.41) is 19.5. The van der Waals surface area contributed by atoms with E-state index in [1.54, 1.807) is 0 Å². The fraction of sp³-hybridized carbons (Fsp3) is 0. The van der Waals surface area contributed by atoms with Crippen molar-refractivity contribution >= 4 is 39.2 Å². The average Bonchev–Trinajstić information content (AvgIpc) is 2.40. The van der Waals surface area contributed by atoms with E-state index < -0.39 is 10.9 Å². The third-order valence-corrected chi connectivity index (χ3v) is 3.44. The summed E-state index contributed by atoms with van der Waals surface area (Å²) in [4.78, 5) is 20.9. The fourth-order valence-corrected chi connectivity index (χ4v) is 2.24. The molecule has 0 saturated heterocycles. The van der Waals surface area contributed by atoms with Crippen molar-refractivity contribution in [1.29, 1.82) is 0 Å². The van der Waals surface area contributed by atoms with Crippen molar-refractivity contribution in [2.45, 2.75) is 0 Å². The van der Waals surface area contributed by atoms with Crippen LogP contribution in [0.3, 0.4) is 0 Å². The second kappa shape index (κ2) is 6.11. The van der Waals surface area contributed by atoms with Gasteiger partial charge in [-0.25, -0.2) is 4.79 Å². The number of rotatable bonds is 4. The molecule has 1 N–H and O–H groups in total. The lowest BCUT2D eigenvalue weighted by molar-refractivity contribution is -0.384. The molecule has 0 aliphatic rings. The molecular formula is C13H7BrClNO5. The van der Waals surface area contributed by atoms with Gasteiger partial charge >= 0.3 is 5.97 Å². The molecular weight excluding hydrogens is 366 g/mol. The van der Waals surface area contributed by atoms with Gasteiger partial charge in [0.05, 0.1) is 15.0 Å². The van der Waals surface area contributed by atoms with E-state index in [9.17, 15) is 14.9 Å². The number of nitrogens with zero attached hydrogens (tertiary/aromatic N) is 1. The molecule has 0 aliphatic carbocycles. The SMILES string of the molecule is O=C(O)c1ccc(Oc2ccc([N+](=O)[O-])c(Cl)c2)c(Br)c1. The lowest BCUT2D eigenvalue weighted by Gasteiger charge is -2.08. The fourth-order valence-electron chi connectivity index (χ4n) is 1.54. The Labute approximate surface area is 132 Å². The van der Waals surface area contributed by atoms with Crippen LogP contribution in [0, 0.1) is 10.1 Å². The van der Waals surface area contributed by atoms with Crippen molar-refractivity contribution in [3.05, 3.63) is 61.6 Å². The highest BCUT2D eigenvalue weighted by Gasteiger charge is 2.14. The number of nitro benzene ring substituents is 1. The zero-order valence-corrected chi connectivity index (χ0v) is 12.6. The summed E-state index contributed by atoms with van der Waals surface area (Å²) >= 11 is 8.99. The molecule has 0 aromatic heterocycles. The summed E-state index contributed by atoms with van der Waals surface area (Å²) in [5.41, 5.74) is -0.111. The molecule has 0 amide bonds. The standard InChI is InChI=1S/C13H7BrClNO5/c14-9-5-7(13(17)18)1-4-12(9)21-8-2-3-11(16(19)20)10(15)6-8/h1-6H,(H,17,18). The van der Waals surface area contributed by atoms with Gasteiger partial charge in [-0.3, -0.25) is 10.1 Å². The molecule has 0 bridgehead atoms. The highest BCUT2D eigenvalue weighted by Crippen LogP contribution is 2.34. The maximum atomic E-state index is 10.8. The van der Waals surface area contributed by atoms with Crippen LogP contribution in [-0.2, 0) is 0 Å². The number of carbonyl (C=O) groups is 1. The molecule has 0 atom stereocenters. The Hall–Kier alpha value is -2.12. The first-order valence-electron chi connectivity index (χ1n) is 5.53. The number of benzene rings is 2. The Morgan fingerprint density at radius 2 is 2.00 bits per heavy atom. The molecule has 21 heavy (non-hydrogen) atoms. The monoisotopic (exact) mass is 371 g/mol. The van der Waals surface area contributed by atoms with Gasteiger partial charge < -0.3 is 9.84 Å². The van der Waals surface area contributed by atoms with Gasteiger partial charge in [-0.05, 0) is 40.2 Å². The van der Waals surface area contributed by atoms with E-state index in [0.29, 0.717) is 16.0 Å².